The fourth-order valence-corrected chi connectivity index (χ4v) is 2.93. The van der Waals surface area contributed by atoms with Crippen LogP contribution in [0.2, 0.25) is 0 Å². The molecule has 3 rings (SSSR count). The van der Waals surface area contributed by atoms with E-state index in [0.29, 0.717) is 13.2 Å². The molecule has 0 aromatic heterocycles. The van der Waals surface area contributed by atoms with Crippen LogP contribution in [0.1, 0.15) is 26.3 Å². The highest BCUT2D eigenvalue weighted by Crippen LogP contribution is 2.30. The number of carbonyl (C=O) groups is 2. The highest BCUT2D eigenvalue weighted by atomic mass is 16.6. The summed E-state index contributed by atoms with van der Waals surface area (Å²) in [6.45, 7) is 2.85. The number of ether oxygens (including phenoxy) is 1. The van der Waals surface area contributed by atoms with Crippen LogP contribution < -0.4 is 4.74 Å². The van der Waals surface area contributed by atoms with Crippen molar-refractivity contribution in [3.63, 3.8) is 0 Å². The number of aryl methyl sites for hydroxylation is 1. The molecule has 0 atom stereocenters. The number of benzene rings is 2. The van der Waals surface area contributed by atoms with E-state index in [2.05, 4.69) is 0 Å². The molecule has 1 aliphatic heterocycles. The summed E-state index contributed by atoms with van der Waals surface area (Å²) in [5.74, 6) is -0.418. The fraction of sp³-hybridized carbons (Fsp3) is 0.263. The average Bonchev–Trinajstić information content (AvgIpc) is 2.87. The van der Waals surface area contributed by atoms with Gasteiger partial charge < -0.3 is 4.74 Å². The lowest BCUT2D eigenvalue weighted by Gasteiger charge is -2.22. The Bertz CT molecular complexity index is 912. The second-order valence-corrected chi connectivity index (χ2v) is 6.38. The molecule has 8 nitrogen and oxygen atoms in total. The van der Waals surface area contributed by atoms with Gasteiger partial charge in [-0.05, 0) is 37.7 Å². The molecule has 8 heteroatoms. The molecule has 1 aliphatic rings. The Morgan fingerprint density at radius 3 is 2.59 bits per heavy atom. The quantitative estimate of drug-likeness (QED) is 0.423. The summed E-state index contributed by atoms with van der Waals surface area (Å²) in [5.41, 5.74) is 0.669. The molecule has 0 N–H and O–H groups in total. The van der Waals surface area contributed by atoms with Gasteiger partial charge in [0, 0.05) is 12.6 Å². The van der Waals surface area contributed by atoms with Gasteiger partial charge in [0.15, 0.2) is 0 Å². The van der Waals surface area contributed by atoms with Gasteiger partial charge in [-0.1, -0.05) is 18.2 Å². The van der Waals surface area contributed by atoms with Crippen molar-refractivity contribution >= 4 is 17.5 Å². The molecule has 0 bridgehead atoms. The second kappa shape index (κ2) is 7.55. The van der Waals surface area contributed by atoms with Gasteiger partial charge >= 0.3 is 0 Å². The second-order valence-electron chi connectivity index (χ2n) is 6.38. The number of hydrogen-bond donors (Lipinski definition) is 0. The number of amides is 2. The Morgan fingerprint density at radius 1 is 1.15 bits per heavy atom. The van der Waals surface area contributed by atoms with E-state index in [0.717, 1.165) is 16.2 Å². The number of nitro groups is 1. The number of carbonyl (C=O) groups excluding carboxylic acids is 2. The average molecular weight is 369 g/mol. The summed E-state index contributed by atoms with van der Waals surface area (Å²) in [7, 11) is 1.75. The van der Waals surface area contributed by atoms with Crippen LogP contribution in [-0.2, 0) is 0 Å². The lowest BCUT2D eigenvalue weighted by Crippen LogP contribution is -2.40. The summed E-state index contributed by atoms with van der Waals surface area (Å²) < 4.78 is 5.67. The molecule has 0 unspecified atom stereocenters. The van der Waals surface area contributed by atoms with Gasteiger partial charge in [-0.15, -0.1) is 0 Å². The first-order valence-corrected chi connectivity index (χ1v) is 8.40. The van der Waals surface area contributed by atoms with E-state index >= 15 is 0 Å². The van der Waals surface area contributed by atoms with Crippen LogP contribution in [0.3, 0.4) is 0 Å². The topological polar surface area (TPSA) is 93.0 Å². The van der Waals surface area contributed by atoms with Crippen molar-refractivity contribution in [3.05, 3.63) is 69.3 Å². The van der Waals surface area contributed by atoms with Crippen molar-refractivity contribution in [1.82, 2.24) is 9.80 Å². The first-order valence-electron chi connectivity index (χ1n) is 8.40. The fourth-order valence-electron chi connectivity index (χ4n) is 2.93. The zero-order valence-corrected chi connectivity index (χ0v) is 15.0. The molecule has 0 saturated carbocycles. The number of hydrogen-bond acceptors (Lipinski definition) is 6. The standard InChI is InChI=1S/C19H19N3O5/c1-13-5-3-6-14(11-13)27-10-9-20(2)12-21-18(23)15-7-4-8-16(22(25)26)17(15)19(21)24/h3-8,11H,9-10,12H2,1-2H3. The number of fused-ring (bicyclic) bond motifs is 1. The van der Waals surface area contributed by atoms with Crippen molar-refractivity contribution < 1.29 is 19.2 Å². The van der Waals surface area contributed by atoms with Crippen LogP contribution in [0.5, 0.6) is 5.75 Å². The lowest BCUT2D eigenvalue weighted by atomic mass is 10.1. The van der Waals surface area contributed by atoms with Crippen LogP contribution >= 0.6 is 0 Å². The van der Waals surface area contributed by atoms with Gasteiger partial charge in [-0.2, -0.15) is 0 Å². The van der Waals surface area contributed by atoms with Gasteiger partial charge in [0.2, 0.25) is 0 Å². The maximum absolute atomic E-state index is 12.5. The van der Waals surface area contributed by atoms with Crippen LogP contribution in [0.15, 0.2) is 42.5 Å². The van der Waals surface area contributed by atoms with E-state index in [1.165, 1.54) is 18.2 Å². The molecule has 2 amide bonds. The Morgan fingerprint density at radius 2 is 1.89 bits per heavy atom. The highest BCUT2D eigenvalue weighted by molar-refractivity contribution is 6.23. The van der Waals surface area contributed by atoms with E-state index < -0.39 is 16.7 Å². The van der Waals surface area contributed by atoms with Gasteiger partial charge in [0.05, 0.1) is 17.2 Å². The summed E-state index contributed by atoms with van der Waals surface area (Å²) >= 11 is 0. The van der Waals surface area contributed by atoms with Crippen molar-refractivity contribution in [1.29, 1.82) is 0 Å². The van der Waals surface area contributed by atoms with E-state index in [9.17, 15) is 19.7 Å². The number of rotatable bonds is 7. The van der Waals surface area contributed by atoms with E-state index in [-0.39, 0.29) is 23.5 Å². The summed E-state index contributed by atoms with van der Waals surface area (Å²) in [5, 5.41) is 11.1. The molecule has 0 saturated heterocycles. The molecule has 0 fully saturated rings. The smallest absolute Gasteiger partial charge is 0.282 e. The predicted octanol–water partition coefficient (Wildman–Crippen LogP) is 2.47. The highest BCUT2D eigenvalue weighted by Gasteiger charge is 2.41. The third-order valence-electron chi connectivity index (χ3n) is 4.29. The molecule has 0 radical (unpaired) electrons. The van der Waals surface area contributed by atoms with E-state index in [1.54, 1.807) is 11.9 Å². The van der Waals surface area contributed by atoms with Crippen molar-refractivity contribution in [2.24, 2.45) is 0 Å². The van der Waals surface area contributed by atoms with Crippen LogP contribution in [0, 0.1) is 17.0 Å². The van der Waals surface area contributed by atoms with E-state index in [4.69, 9.17) is 4.74 Å². The van der Waals surface area contributed by atoms with Crippen LogP contribution in [0.25, 0.3) is 0 Å². The Labute approximate surface area is 156 Å². The summed E-state index contributed by atoms with van der Waals surface area (Å²) in [4.78, 5) is 38.3. The number of nitrogens with zero attached hydrogens (tertiary/aromatic N) is 3. The molecule has 2 aromatic carbocycles. The molecule has 140 valence electrons. The first-order chi connectivity index (χ1) is 12.9. The molecule has 2 aromatic rings. The molecular formula is C19H19N3O5. The molecule has 1 heterocycles. The van der Waals surface area contributed by atoms with Crippen molar-refractivity contribution in [2.75, 3.05) is 26.9 Å². The first kappa shape index (κ1) is 18.5. The van der Waals surface area contributed by atoms with Gasteiger partial charge in [0.25, 0.3) is 17.5 Å². The zero-order valence-electron chi connectivity index (χ0n) is 15.0. The number of imide groups is 1. The zero-order chi connectivity index (χ0) is 19.6. The number of likely N-dealkylation sites (N-methyl/N-ethyl adjacent to an activating group) is 1. The largest absolute Gasteiger partial charge is 0.492 e. The maximum atomic E-state index is 12.5. The van der Waals surface area contributed by atoms with Crippen LogP contribution in [-0.4, -0.2) is 53.4 Å². The third kappa shape index (κ3) is 3.80. The predicted molar refractivity (Wildman–Crippen MR) is 97.8 cm³/mol. The molecular weight excluding hydrogens is 350 g/mol. The van der Waals surface area contributed by atoms with Gasteiger partial charge in [-0.25, -0.2) is 0 Å². The normalized spacial score (nSPS) is 13.2. The van der Waals surface area contributed by atoms with Crippen molar-refractivity contribution in [2.45, 2.75) is 6.92 Å². The SMILES string of the molecule is Cc1cccc(OCCN(C)CN2C(=O)c3cccc([N+](=O)[O-])c3C2=O)c1. The maximum Gasteiger partial charge on any atom is 0.282 e. The minimum atomic E-state index is -0.646. The Hall–Kier alpha value is -3.26. The molecule has 27 heavy (non-hydrogen) atoms. The minimum Gasteiger partial charge on any atom is -0.492 e. The molecule has 0 aliphatic carbocycles. The monoisotopic (exact) mass is 369 g/mol. The lowest BCUT2D eigenvalue weighted by molar-refractivity contribution is -0.385. The van der Waals surface area contributed by atoms with E-state index in [1.807, 2.05) is 31.2 Å². The Kier molecular flexibility index (Phi) is 5.18. The van der Waals surface area contributed by atoms with Gasteiger partial charge in [-0.3, -0.25) is 29.5 Å². The minimum absolute atomic E-state index is 0.0285. The Balaban J connectivity index is 1.62. The third-order valence-corrected chi connectivity index (χ3v) is 4.29. The number of nitro benzene ring substituents is 1. The van der Waals surface area contributed by atoms with Gasteiger partial charge in [0.1, 0.15) is 17.9 Å². The molecule has 0 spiro atoms. The summed E-state index contributed by atoms with van der Waals surface area (Å²) in [6.07, 6.45) is 0. The van der Waals surface area contributed by atoms with Crippen molar-refractivity contribution in [3.8, 4) is 5.75 Å². The summed E-state index contributed by atoms with van der Waals surface area (Å²) in [6, 6.07) is 11.7. The van der Waals surface area contributed by atoms with Crippen LogP contribution in [0.4, 0.5) is 5.69 Å².